The fraction of sp³-hybridized carbons (Fsp3) is 0.0909. The molecule has 152 valence electrons. The summed E-state index contributed by atoms with van der Waals surface area (Å²) in [4.78, 5) is 4.55. The van der Waals surface area contributed by atoms with Crippen LogP contribution < -0.4 is 10.2 Å². The van der Waals surface area contributed by atoms with Gasteiger partial charge in [0.2, 0.25) is 0 Å². The fourth-order valence-electron chi connectivity index (χ4n) is 3.04. The lowest BCUT2D eigenvalue weighted by Crippen LogP contribution is -2.20. The molecule has 0 atom stereocenters. The predicted molar refractivity (Wildman–Crippen MR) is 106 cm³/mol. The second-order valence-electron chi connectivity index (χ2n) is 6.50. The summed E-state index contributed by atoms with van der Waals surface area (Å²) in [6.07, 6.45) is -4.48. The van der Waals surface area contributed by atoms with Gasteiger partial charge in [-0.25, -0.2) is 9.38 Å². The largest absolute Gasteiger partial charge is 0.497 e. The number of fused-ring (bicyclic) bond motifs is 1. The molecular weight excluding hydrogens is 398 g/mol. The average Bonchev–Trinajstić information content (AvgIpc) is 2.93. The minimum absolute atomic E-state index is 0.266. The van der Waals surface area contributed by atoms with E-state index in [0.717, 1.165) is 12.1 Å². The van der Waals surface area contributed by atoms with E-state index in [0.29, 0.717) is 28.4 Å². The Bertz CT molecular complexity index is 1150. The van der Waals surface area contributed by atoms with E-state index < -0.39 is 17.6 Å². The highest BCUT2D eigenvalue weighted by atomic mass is 19.4. The fourth-order valence-corrected chi connectivity index (χ4v) is 3.04. The quantitative estimate of drug-likeness (QED) is 0.594. The Morgan fingerprint density at radius 1 is 0.900 bits per heavy atom. The number of hydrazone groups is 1. The molecular formula is C22H15F4N3O. The van der Waals surface area contributed by atoms with Gasteiger partial charge in [0, 0.05) is 16.7 Å². The van der Waals surface area contributed by atoms with Crippen LogP contribution in [0.5, 0.6) is 5.75 Å². The van der Waals surface area contributed by atoms with Crippen LogP contribution in [0.2, 0.25) is 0 Å². The number of hydrogen-bond acceptors (Lipinski definition) is 4. The van der Waals surface area contributed by atoms with Crippen molar-refractivity contribution in [2.45, 2.75) is 6.18 Å². The Morgan fingerprint density at radius 3 is 2.37 bits per heavy atom. The molecule has 0 unspecified atom stereocenters. The summed E-state index contributed by atoms with van der Waals surface area (Å²) in [6, 6.07) is 15.6. The second kappa shape index (κ2) is 7.62. The van der Waals surface area contributed by atoms with Gasteiger partial charge in [-0.3, -0.25) is 5.43 Å². The number of hydrogen-bond donors (Lipinski definition) is 1. The number of methoxy groups -OCH3 is 1. The molecule has 1 aliphatic heterocycles. The van der Waals surface area contributed by atoms with Crippen LogP contribution in [0, 0.1) is 5.82 Å². The van der Waals surface area contributed by atoms with Gasteiger partial charge in [0.05, 0.1) is 18.4 Å². The van der Waals surface area contributed by atoms with Crippen molar-refractivity contribution in [3.63, 3.8) is 0 Å². The summed E-state index contributed by atoms with van der Waals surface area (Å²) in [5, 5.41) is 4.33. The van der Waals surface area contributed by atoms with E-state index in [1.165, 1.54) is 37.4 Å². The Hall–Kier alpha value is -3.68. The van der Waals surface area contributed by atoms with Crippen molar-refractivity contribution in [3.05, 3.63) is 94.8 Å². The topological polar surface area (TPSA) is 46.0 Å². The zero-order valence-electron chi connectivity index (χ0n) is 15.7. The lowest BCUT2D eigenvalue weighted by Gasteiger charge is -2.12. The average molecular weight is 413 g/mol. The van der Waals surface area contributed by atoms with Gasteiger partial charge in [-0.2, -0.15) is 18.3 Å². The molecule has 0 fully saturated rings. The second-order valence-corrected chi connectivity index (χ2v) is 6.50. The molecule has 0 aliphatic carbocycles. The van der Waals surface area contributed by atoms with Crippen molar-refractivity contribution >= 4 is 17.2 Å². The Morgan fingerprint density at radius 2 is 1.67 bits per heavy atom. The highest BCUT2D eigenvalue weighted by Gasteiger charge is 2.31. The molecule has 0 saturated heterocycles. The number of ether oxygens (including phenoxy) is 1. The number of halogens is 4. The third kappa shape index (κ3) is 3.89. The van der Waals surface area contributed by atoms with E-state index in [9.17, 15) is 17.6 Å². The van der Waals surface area contributed by atoms with Gasteiger partial charge in [0.1, 0.15) is 17.3 Å². The molecule has 30 heavy (non-hydrogen) atoms. The summed E-state index contributed by atoms with van der Waals surface area (Å²) in [5.74, 6) is 0.448. The molecule has 4 nitrogen and oxygen atoms in total. The third-order valence-corrected chi connectivity index (χ3v) is 4.55. The van der Waals surface area contributed by atoms with Crippen LogP contribution in [0.4, 0.5) is 23.2 Å². The molecule has 8 heteroatoms. The minimum Gasteiger partial charge on any atom is -0.497 e. The van der Waals surface area contributed by atoms with E-state index in [-0.39, 0.29) is 11.3 Å². The number of alkyl halides is 3. The van der Waals surface area contributed by atoms with E-state index in [4.69, 9.17) is 4.74 Å². The molecule has 4 rings (SSSR count). The number of amidine groups is 1. The predicted octanol–water partition coefficient (Wildman–Crippen LogP) is 5.29. The van der Waals surface area contributed by atoms with E-state index in [2.05, 4.69) is 15.5 Å². The molecule has 0 radical (unpaired) electrons. The first kappa shape index (κ1) is 19.6. The number of rotatable bonds is 3. The minimum atomic E-state index is -4.48. The zero-order valence-corrected chi connectivity index (χ0v) is 15.7. The molecule has 0 saturated carbocycles. The monoisotopic (exact) mass is 413 g/mol. The first-order valence-corrected chi connectivity index (χ1v) is 8.89. The maximum atomic E-state index is 13.3. The summed E-state index contributed by atoms with van der Waals surface area (Å²) in [5.41, 5.74) is 4.12. The standard InChI is InChI=1S/C22H15F4N3O/c1-30-17-9-10-19-18(12-17)20(14-3-2-4-15(11-14)22(24,25)26)28-29-21(27-19)13-5-7-16(23)8-6-13/h2-12H,1H3,(H,27,29). The molecule has 1 N–H and O–H groups in total. The molecule has 0 aromatic heterocycles. The van der Waals surface area contributed by atoms with Crippen LogP contribution in [0.25, 0.3) is 0 Å². The summed E-state index contributed by atoms with van der Waals surface area (Å²) >= 11 is 0. The van der Waals surface area contributed by atoms with Crippen LogP contribution in [0.3, 0.4) is 0 Å². The van der Waals surface area contributed by atoms with Gasteiger partial charge in [-0.15, -0.1) is 0 Å². The zero-order chi connectivity index (χ0) is 21.3. The summed E-state index contributed by atoms with van der Waals surface area (Å²) in [7, 11) is 1.49. The number of nitrogens with one attached hydrogen (secondary N) is 1. The van der Waals surface area contributed by atoms with Crippen LogP contribution in [0.15, 0.2) is 76.8 Å². The van der Waals surface area contributed by atoms with E-state index in [1.54, 1.807) is 24.3 Å². The van der Waals surface area contributed by atoms with Crippen molar-refractivity contribution in [3.8, 4) is 5.75 Å². The van der Waals surface area contributed by atoms with Crippen molar-refractivity contribution in [1.29, 1.82) is 0 Å². The molecule has 1 aliphatic rings. The van der Waals surface area contributed by atoms with Crippen molar-refractivity contribution in [1.82, 2.24) is 5.43 Å². The van der Waals surface area contributed by atoms with E-state index >= 15 is 0 Å². The van der Waals surface area contributed by atoms with Gasteiger partial charge in [0.15, 0.2) is 5.84 Å². The summed E-state index contributed by atoms with van der Waals surface area (Å²) < 4.78 is 58.2. The summed E-state index contributed by atoms with van der Waals surface area (Å²) in [6.45, 7) is 0. The maximum absolute atomic E-state index is 13.3. The lowest BCUT2D eigenvalue weighted by molar-refractivity contribution is -0.137. The highest BCUT2D eigenvalue weighted by molar-refractivity contribution is 6.18. The van der Waals surface area contributed by atoms with Crippen molar-refractivity contribution in [2.75, 3.05) is 7.11 Å². The maximum Gasteiger partial charge on any atom is 0.416 e. The number of aliphatic imine (C=N–C) groups is 1. The number of nitrogens with zero attached hydrogens (tertiary/aromatic N) is 2. The first-order chi connectivity index (χ1) is 14.3. The van der Waals surface area contributed by atoms with Gasteiger partial charge in [-0.05, 0) is 54.6 Å². The molecule has 0 amide bonds. The Labute approximate surface area is 169 Å². The van der Waals surface area contributed by atoms with Crippen LogP contribution in [0.1, 0.15) is 22.3 Å². The van der Waals surface area contributed by atoms with Crippen LogP contribution in [-0.4, -0.2) is 18.7 Å². The van der Waals surface area contributed by atoms with Crippen molar-refractivity contribution < 1.29 is 22.3 Å². The SMILES string of the molecule is COc1ccc2c(c1)C(c1cccc(C(F)(F)F)c1)=NNC(c1ccc(F)cc1)=N2. The molecule has 3 aromatic rings. The Balaban J connectivity index is 1.86. The first-order valence-electron chi connectivity index (χ1n) is 8.89. The van der Waals surface area contributed by atoms with Crippen LogP contribution in [-0.2, 0) is 6.18 Å². The van der Waals surface area contributed by atoms with Crippen molar-refractivity contribution in [2.24, 2.45) is 10.1 Å². The van der Waals surface area contributed by atoms with Gasteiger partial charge in [-0.1, -0.05) is 12.1 Å². The lowest BCUT2D eigenvalue weighted by atomic mass is 9.98. The van der Waals surface area contributed by atoms with Gasteiger partial charge < -0.3 is 4.74 Å². The highest BCUT2D eigenvalue weighted by Crippen LogP contribution is 2.33. The van der Waals surface area contributed by atoms with Gasteiger partial charge in [0.25, 0.3) is 0 Å². The Kier molecular flexibility index (Phi) is 4.99. The molecule has 0 bridgehead atoms. The molecule has 1 heterocycles. The smallest absolute Gasteiger partial charge is 0.416 e. The van der Waals surface area contributed by atoms with Crippen LogP contribution >= 0.6 is 0 Å². The van der Waals surface area contributed by atoms with Gasteiger partial charge >= 0.3 is 6.18 Å². The number of benzene rings is 3. The normalized spacial score (nSPS) is 13.5. The third-order valence-electron chi connectivity index (χ3n) is 4.55. The molecule has 0 spiro atoms. The van der Waals surface area contributed by atoms with E-state index in [1.807, 2.05) is 0 Å². The molecule has 3 aromatic carbocycles.